The smallest absolute Gasteiger partial charge is 0.178 e. The Hall–Kier alpha value is -1.64. The lowest BCUT2D eigenvalue weighted by Gasteiger charge is -1.96. The van der Waals surface area contributed by atoms with E-state index >= 15 is 0 Å². The fraction of sp³-hybridized carbons (Fsp3) is 0.111. The van der Waals surface area contributed by atoms with E-state index in [0.29, 0.717) is 5.69 Å². The maximum Gasteiger partial charge on any atom is 0.178 e. The first-order valence-electron chi connectivity index (χ1n) is 3.71. The molecule has 0 bridgehead atoms. The number of rotatable bonds is 1. The molecule has 0 amide bonds. The highest BCUT2D eigenvalue weighted by Gasteiger charge is 2.00. The van der Waals surface area contributed by atoms with Crippen molar-refractivity contribution < 1.29 is 4.79 Å². The van der Waals surface area contributed by atoms with E-state index in [4.69, 9.17) is 0 Å². The summed E-state index contributed by atoms with van der Waals surface area (Å²) >= 11 is 0. The maximum absolute atomic E-state index is 10.9. The van der Waals surface area contributed by atoms with Crippen molar-refractivity contribution in [1.82, 2.24) is 9.38 Å². The molecular formula is C9H8N2O. The third kappa shape index (κ3) is 0.993. The van der Waals surface area contributed by atoms with Crippen LogP contribution in [0.5, 0.6) is 0 Å². The van der Waals surface area contributed by atoms with Crippen LogP contribution in [0.25, 0.3) is 5.52 Å². The van der Waals surface area contributed by atoms with Gasteiger partial charge in [-0.2, -0.15) is 0 Å². The molecule has 0 aromatic carbocycles. The minimum Gasteiger partial charge on any atom is -0.308 e. The quantitative estimate of drug-likeness (QED) is 0.593. The van der Waals surface area contributed by atoms with Crippen molar-refractivity contribution in [1.29, 1.82) is 0 Å². The van der Waals surface area contributed by atoms with Gasteiger partial charge in [0.2, 0.25) is 0 Å². The third-order valence-corrected chi connectivity index (χ3v) is 1.78. The molecule has 0 N–H and O–H groups in total. The summed E-state index contributed by atoms with van der Waals surface area (Å²) in [4.78, 5) is 14.9. The number of nitrogens with zero attached hydrogens (tertiary/aromatic N) is 2. The van der Waals surface area contributed by atoms with E-state index in [1.165, 1.54) is 6.92 Å². The summed E-state index contributed by atoms with van der Waals surface area (Å²) in [6, 6.07) is 5.64. The van der Waals surface area contributed by atoms with Crippen LogP contribution in [-0.4, -0.2) is 15.2 Å². The molecule has 2 heterocycles. The number of carbonyl (C=O) groups is 1. The SMILES string of the molecule is CC(=O)c1cc2cccn2cn1. The second kappa shape index (κ2) is 2.44. The third-order valence-electron chi connectivity index (χ3n) is 1.78. The number of ketones is 1. The normalized spacial score (nSPS) is 10.4. The standard InChI is InChI=1S/C9H8N2O/c1-7(12)9-5-8-3-2-4-11(8)6-10-9/h2-6H,1H3. The summed E-state index contributed by atoms with van der Waals surface area (Å²) in [7, 11) is 0. The molecule has 3 heteroatoms. The summed E-state index contributed by atoms with van der Waals surface area (Å²) in [5.41, 5.74) is 1.51. The van der Waals surface area contributed by atoms with Crippen LogP contribution in [0.3, 0.4) is 0 Å². The van der Waals surface area contributed by atoms with Gasteiger partial charge in [0.1, 0.15) is 5.69 Å². The average molecular weight is 160 g/mol. The minimum atomic E-state index is -0.00120. The van der Waals surface area contributed by atoms with Crippen molar-refractivity contribution in [2.24, 2.45) is 0 Å². The number of hydrogen-bond donors (Lipinski definition) is 0. The molecule has 0 aliphatic rings. The molecule has 0 unspecified atom stereocenters. The van der Waals surface area contributed by atoms with Crippen LogP contribution in [0.2, 0.25) is 0 Å². The Morgan fingerprint density at radius 2 is 2.42 bits per heavy atom. The van der Waals surface area contributed by atoms with E-state index in [0.717, 1.165) is 5.52 Å². The highest BCUT2D eigenvalue weighted by Crippen LogP contribution is 2.05. The topological polar surface area (TPSA) is 34.4 Å². The Balaban J connectivity index is 2.68. The zero-order chi connectivity index (χ0) is 8.55. The summed E-state index contributed by atoms with van der Waals surface area (Å²) in [5.74, 6) is -0.00120. The van der Waals surface area contributed by atoms with E-state index in [-0.39, 0.29) is 5.78 Å². The molecule has 0 spiro atoms. The lowest BCUT2D eigenvalue weighted by Crippen LogP contribution is -1.97. The van der Waals surface area contributed by atoms with Gasteiger partial charge in [-0.15, -0.1) is 0 Å². The Bertz CT molecular complexity index is 431. The van der Waals surface area contributed by atoms with Gasteiger partial charge in [-0.25, -0.2) is 4.98 Å². The van der Waals surface area contributed by atoms with E-state index in [2.05, 4.69) is 4.98 Å². The summed E-state index contributed by atoms with van der Waals surface area (Å²) in [5, 5.41) is 0. The van der Waals surface area contributed by atoms with Gasteiger partial charge in [0.25, 0.3) is 0 Å². The van der Waals surface area contributed by atoms with Gasteiger partial charge in [-0.1, -0.05) is 0 Å². The first-order valence-corrected chi connectivity index (χ1v) is 3.71. The predicted octanol–water partition coefficient (Wildman–Crippen LogP) is 1.54. The molecule has 0 saturated heterocycles. The Morgan fingerprint density at radius 1 is 1.58 bits per heavy atom. The molecule has 2 rings (SSSR count). The van der Waals surface area contributed by atoms with Crippen molar-refractivity contribution in [2.45, 2.75) is 6.92 Å². The molecule has 0 aliphatic heterocycles. The lowest BCUT2D eigenvalue weighted by atomic mass is 10.3. The molecule has 12 heavy (non-hydrogen) atoms. The lowest BCUT2D eigenvalue weighted by molar-refractivity contribution is 0.101. The van der Waals surface area contributed by atoms with Gasteiger partial charge in [0.15, 0.2) is 5.78 Å². The molecule has 2 aromatic heterocycles. The van der Waals surface area contributed by atoms with E-state index < -0.39 is 0 Å². The van der Waals surface area contributed by atoms with E-state index in [1.807, 2.05) is 22.7 Å². The van der Waals surface area contributed by atoms with Crippen molar-refractivity contribution in [3.8, 4) is 0 Å². The van der Waals surface area contributed by atoms with Gasteiger partial charge >= 0.3 is 0 Å². The summed E-state index contributed by atoms with van der Waals surface area (Å²) in [6.45, 7) is 1.52. The molecule has 0 atom stereocenters. The predicted molar refractivity (Wildman–Crippen MR) is 45.2 cm³/mol. The first-order chi connectivity index (χ1) is 5.77. The highest BCUT2D eigenvalue weighted by molar-refractivity contribution is 5.93. The van der Waals surface area contributed by atoms with Crippen LogP contribution in [0.4, 0.5) is 0 Å². The van der Waals surface area contributed by atoms with Crippen molar-refractivity contribution >= 4 is 11.3 Å². The van der Waals surface area contributed by atoms with Crippen LogP contribution in [-0.2, 0) is 0 Å². The summed E-state index contributed by atoms with van der Waals surface area (Å²) in [6.07, 6.45) is 3.54. The van der Waals surface area contributed by atoms with Crippen LogP contribution >= 0.6 is 0 Å². The Kier molecular flexibility index (Phi) is 1.43. The van der Waals surface area contributed by atoms with Gasteiger partial charge in [0, 0.05) is 18.6 Å². The van der Waals surface area contributed by atoms with Gasteiger partial charge < -0.3 is 4.40 Å². The zero-order valence-electron chi connectivity index (χ0n) is 6.69. The minimum absolute atomic E-state index is 0.00120. The number of Topliss-reactive ketones (excluding diaryl/α,β-unsaturated/α-hetero) is 1. The number of hydrogen-bond acceptors (Lipinski definition) is 2. The molecule has 3 nitrogen and oxygen atoms in total. The maximum atomic E-state index is 10.9. The van der Waals surface area contributed by atoms with E-state index in [1.54, 1.807) is 12.4 Å². The fourth-order valence-corrected chi connectivity index (χ4v) is 1.13. The second-order valence-corrected chi connectivity index (χ2v) is 2.67. The zero-order valence-corrected chi connectivity index (χ0v) is 6.69. The second-order valence-electron chi connectivity index (χ2n) is 2.67. The van der Waals surface area contributed by atoms with Gasteiger partial charge in [-0.05, 0) is 18.2 Å². The van der Waals surface area contributed by atoms with Crippen LogP contribution in [0.15, 0.2) is 30.7 Å². The van der Waals surface area contributed by atoms with Crippen molar-refractivity contribution in [2.75, 3.05) is 0 Å². The molecule has 0 aliphatic carbocycles. The molecular weight excluding hydrogens is 152 g/mol. The molecule has 0 saturated carbocycles. The van der Waals surface area contributed by atoms with Crippen molar-refractivity contribution in [3.63, 3.8) is 0 Å². The first kappa shape index (κ1) is 7.03. The number of aromatic nitrogens is 2. The fourth-order valence-electron chi connectivity index (χ4n) is 1.13. The van der Waals surface area contributed by atoms with Crippen LogP contribution in [0, 0.1) is 0 Å². The number of fused-ring (bicyclic) bond motifs is 1. The largest absolute Gasteiger partial charge is 0.308 e. The highest BCUT2D eigenvalue weighted by atomic mass is 16.1. The Morgan fingerprint density at radius 3 is 3.17 bits per heavy atom. The molecule has 2 aromatic rings. The van der Waals surface area contributed by atoms with Crippen LogP contribution < -0.4 is 0 Å². The average Bonchev–Trinajstić information content (AvgIpc) is 2.49. The molecule has 60 valence electrons. The Labute approximate surface area is 69.7 Å². The number of carbonyl (C=O) groups excluding carboxylic acids is 1. The monoisotopic (exact) mass is 160 g/mol. The molecule has 0 radical (unpaired) electrons. The van der Waals surface area contributed by atoms with Gasteiger partial charge in [0.05, 0.1) is 6.33 Å². The summed E-state index contributed by atoms with van der Waals surface area (Å²) < 4.78 is 1.87. The van der Waals surface area contributed by atoms with Gasteiger partial charge in [-0.3, -0.25) is 4.79 Å². The van der Waals surface area contributed by atoms with Crippen LogP contribution in [0.1, 0.15) is 17.4 Å². The molecule has 0 fully saturated rings. The van der Waals surface area contributed by atoms with Crippen molar-refractivity contribution in [3.05, 3.63) is 36.4 Å². The van der Waals surface area contributed by atoms with E-state index in [9.17, 15) is 4.79 Å².